The zero-order chi connectivity index (χ0) is 22.9. The average Bonchev–Trinajstić information content (AvgIpc) is 2.98. The number of hydrogen-bond acceptors (Lipinski definition) is 4. The average molecular weight is 461 g/mol. The number of fused-ring (bicyclic) bond motifs is 3. The Hall–Kier alpha value is -3.15. The van der Waals surface area contributed by atoms with Gasteiger partial charge in [0.2, 0.25) is 0 Å². The van der Waals surface area contributed by atoms with Gasteiger partial charge in [0.15, 0.2) is 0 Å². The van der Waals surface area contributed by atoms with Crippen molar-refractivity contribution >= 4 is 34.8 Å². The number of unbranched alkanes of at least 4 members (excludes halogenated alkanes) is 1. The molecule has 3 aromatic rings. The Morgan fingerprint density at radius 3 is 2.12 bits per heavy atom. The molecule has 2 aliphatic rings. The highest BCUT2D eigenvalue weighted by molar-refractivity contribution is 6.31. The van der Waals surface area contributed by atoms with Crippen LogP contribution in [0, 0.1) is 0 Å². The molecule has 0 saturated carbocycles. The molecular weight excluding hydrogens is 436 g/mol. The summed E-state index contributed by atoms with van der Waals surface area (Å²) >= 11 is 6.35. The maximum atomic E-state index is 12.6. The lowest BCUT2D eigenvalue weighted by atomic mass is 10.0. The molecule has 5 rings (SSSR count). The number of hydrogen-bond donors (Lipinski definition) is 1. The van der Waals surface area contributed by atoms with E-state index in [-0.39, 0.29) is 18.4 Å². The fourth-order valence-corrected chi connectivity index (χ4v) is 4.99. The van der Waals surface area contributed by atoms with Crippen molar-refractivity contribution in [2.45, 2.75) is 32.3 Å². The van der Waals surface area contributed by atoms with Gasteiger partial charge < -0.3 is 10.0 Å². The molecule has 3 aromatic carbocycles. The fraction of sp³-hybridized carbons (Fsp3) is 0.259. The van der Waals surface area contributed by atoms with E-state index in [0.29, 0.717) is 29.1 Å². The number of benzene rings is 3. The van der Waals surface area contributed by atoms with Crippen molar-refractivity contribution in [3.8, 4) is 0 Å². The van der Waals surface area contributed by atoms with Crippen LogP contribution in [0.25, 0.3) is 0 Å². The van der Waals surface area contributed by atoms with Gasteiger partial charge in [-0.1, -0.05) is 41.9 Å². The van der Waals surface area contributed by atoms with E-state index in [1.54, 1.807) is 24.3 Å². The lowest BCUT2D eigenvalue weighted by molar-refractivity contribution is 0.0652. The van der Waals surface area contributed by atoms with Gasteiger partial charge in [0, 0.05) is 29.5 Å². The van der Waals surface area contributed by atoms with E-state index in [0.717, 1.165) is 42.7 Å². The molecule has 0 bridgehead atoms. The second-order valence-corrected chi connectivity index (χ2v) is 9.00. The monoisotopic (exact) mass is 460 g/mol. The van der Waals surface area contributed by atoms with Gasteiger partial charge in [-0.25, -0.2) is 0 Å². The minimum atomic E-state index is -0.204. The maximum Gasteiger partial charge on any atom is 0.261 e. The SMILES string of the molecule is O=C1c2ccccc2C(=O)N1CCCCN1c2ccc(CO)cc2CCc2ccc(Cl)cc21. The van der Waals surface area contributed by atoms with Gasteiger partial charge in [0.1, 0.15) is 0 Å². The Balaban J connectivity index is 1.34. The first kappa shape index (κ1) is 21.7. The highest BCUT2D eigenvalue weighted by Crippen LogP contribution is 2.38. The summed E-state index contributed by atoms with van der Waals surface area (Å²) in [7, 11) is 0. The molecule has 5 nitrogen and oxygen atoms in total. The van der Waals surface area contributed by atoms with Crippen LogP contribution in [0.5, 0.6) is 0 Å². The molecule has 0 fully saturated rings. The number of amides is 2. The van der Waals surface area contributed by atoms with Crippen molar-refractivity contribution in [3.63, 3.8) is 0 Å². The maximum absolute atomic E-state index is 12.6. The molecule has 6 heteroatoms. The summed E-state index contributed by atoms with van der Waals surface area (Å²) < 4.78 is 0. The molecule has 0 aliphatic carbocycles. The van der Waals surface area contributed by atoms with Gasteiger partial charge >= 0.3 is 0 Å². The Labute approximate surface area is 198 Å². The summed E-state index contributed by atoms with van der Waals surface area (Å²) in [6.07, 6.45) is 3.31. The Morgan fingerprint density at radius 2 is 1.42 bits per heavy atom. The number of nitrogens with zero attached hydrogens (tertiary/aromatic N) is 2. The van der Waals surface area contributed by atoms with Gasteiger partial charge in [0.05, 0.1) is 17.7 Å². The highest BCUT2D eigenvalue weighted by atomic mass is 35.5. The molecule has 33 heavy (non-hydrogen) atoms. The number of rotatable bonds is 6. The molecule has 1 N–H and O–H groups in total. The third-order valence-corrected chi connectivity index (χ3v) is 6.75. The van der Waals surface area contributed by atoms with E-state index in [1.165, 1.54) is 16.0 Å². The molecule has 2 heterocycles. The Bertz CT molecular complexity index is 1200. The molecule has 0 aromatic heterocycles. The van der Waals surface area contributed by atoms with Crippen molar-refractivity contribution in [2.75, 3.05) is 18.0 Å². The number of aliphatic hydroxyl groups is 1. The van der Waals surface area contributed by atoms with E-state index >= 15 is 0 Å². The number of anilines is 2. The Morgan fingerprint density at radius 1 is 0.758 bits per heavy atom. The first-order valence-electron chi connectivity index (χ1n) is 11.3. The molecule has 2 amide bonds. The first-order chi connectivity index (χ1) is 16.1. The lowest BCUT2D eigenvalue weighted by Gasteiger charge is -2.28. The third-order valence-electron chi connectivity index (χ3n) is 6.51. The molecule has 168 valence electrons. The van der Waals surface area contributed by atoms with Crippen LogP contribution in [0.15, 0.2) is 60.7 Å². The molecule has 0 unspecified atom stereocenters. The number of carbonyl (C=O) groups is 2. The summed E-state index contributed by atoms with van der Waals surface area (Å²) in [6, 6.07) is 19.1. The van der Waals surface area contributed by atoms with E-state index in [4.69, 9.17) is 11.6 Å². The summed E-state index contributed by atoms with van der Waals surface area (Å²) in [5, 5.41) is 10.3. The molecule has 0 radical (unpaired) electrons. The van der Waals surface area contributed by atoms with Crippen molar-refractivity contribution in [2.24, 2.45) is 0 Å². The number of imide groups is 1. The van der Waals surface area contributed by atoms with Crippen LogP contribution in [0.1, 0.15) is 50.2 Å². The van der Waals surface area contributed by atoms with E-state index in [2.05, 4.69) is 23.1 Å². The van der Waals surface area contributed by atoms with Crippen LogP contribution in [-0.2, 0) is 19.4 Å². The third kappa shape index (κ3) is 4.03. The van der Waals surface area contributed by atoms with Gasteiger partial charge in [-0.2, -0.15) is 0 Å². The van der Waals surface area contributed by atoms with Gasteiger partial charge in [-0.05, 0) is 72.7 Å². The topological polar surface area (TPSA) is 60.9 Å². The quantitative estimate of drug-likeness (QED) is 0.408. The summed E-state index contributed by atoms with van der Waals surface area (Å²) in [4.78, 5) is 28.9. The molecular formula is C27H25ClN2O3. The van der Waals surface area contributed by atoms with E-state index < -0.39 is 0 Å². The predicted molar refractivity (Wildman–Crippen MR) is 129 cm³/mol. The lowest BCUT2D eigenvalue weighted by Crippen LogP contribution is -2.31. The standard InChI is InChI=1S/C27H25ClN2O3/c28-21-11-10-19-8-9-20-15-18(17-31)7-12-24(20)29(25(19)16-21)13-3-4-14-30-26(32)22-5-1-2-6-23(22)27(30)33/h1-2,5-7,10-12,15-16,31H,3-4,8-9,13-14,17H2. The molecule has 0 saturated heterocycles. The van der Waals surface area contributed by atoms with Crippen molar-refractivity contribution in [3.05, 3.63) is 93.5 Å². The van der Waals surface area contributed by atoms with Crippen LogP contribution < -0.4 is 4.90 Å². The largest absolute Gasteiger partial charge is 0.392 e. The van der Waals surface area contributed by atoms with Crippen molar-refractivity contribution < 1.29 is 14.7 Å². The fourth-order valence-electron chi connectivity index (χ4n) is 4.82. The zero-order valence-corrected chi connectivity index (χ0v) is 19.0. The highest BCUT2D eigenvalue weighted by Gasteiger charge is 2.34. The van der Waals surface area contributed by atoms with Crippen LogP contribution in [-0.4, -0.2) is 34.9 Å². The van der Waals surface area contributed by atoms with E-state index in [1.807, 2.05) is 18.2 Å². The van der Waals surface area contributed by atoms with Crippen molar-refractivity contribution in [1.82, 2.24) is 4.90 Å². The van der Waals surface area contributed by atoms with Crippen LogP contribution in [0.2, 0.25) is 5.02 Å². The number of aliphatic hydroxyl groups excluding tert-OH is 1. The van der Waals surface area contributed by atoms with Gasteiger partial charge in [-0.3, -0.25) is 14.5 Å². The van der Waals surface area contributed by atoms with E-state index in [9.17, 15) is 14.7 Å². The minimum Gasteiger partial charge on any atom is -0.392 e. The number of aryl methyl sites for hydroxylation is 2. The summed E-state index contributed by atoms with van der Waals surface area (Å²) in [5.74, 6) is -0.409. The second-order valence-electron chi connectivity index (χ2n) is 8.56. The summed E-state index contributed by atoms with van der Waals surface area (Å²) in [5.41, 5.74) is 6.55. The summed E-state index contributed by atoms with van der Waals surface area (Å²) in [6.45, 7) is 1.16. The predicted octanol–water partition coefficient (Wildman–Crippen LogP) is 5.15. The van der Waals surface area contributed by atoms with Crippen LogP contribution in [0.4, 0.5) is 11.4 Å². The smallest absolute Gasteiger partial charge is 0.261 e. The zero-order valence-electron chi connectivity index (χ0n) is 18.3. The minimum absolute atomic E-state index is 0.0202. The number of carbonyl (C=O) groups excluding carboxylic acids is 2. The van der Waals surface area contributed by atoms with Crippen LogP contribution >= 0.6 is 11.6 Å². The van der Waals surface area contributed by atoms with Crippen LogP contribution in [0.3, 0.4) is 0 Å². The van der Waals surface area contributed by atoms with Gasteiger partial charge in [-0.15, -0.1) is 0 Å². The normalized spacial score (nSPS) is 14.7. The van der Waals surface area contributed by atoms with Gasteiger partial charge in [0.25, 0.3) is 11.8 Å². The molecule has 0 spiro atoms. The van der Waals surface area contributed by atoms with Crippen molar-refractivity contribution in [1.29, 1.82) is 0 Å². The second kappa shape index (κ2) is 9.00. The first-order valence-corrected chi connectivity index (χ1v) is 11.7. The number of halogens is 1. The Kier molecular flexibility index (Phi) is 5.92. The molecule has 2 aliphatic heterocycles. The molecule has 0 atom stereocenters.